The average Bonchev–Trinajstić information content (AvgIpc) is 3.40. The molecule has 0 atom stereocenters. The fourth-order valence-corrected chi connectivity index (χ4v) is 3.03. The predicted molar refractivity (Wildman–Crippen MR) is 103 cm³/mol. The molecular weight excluding hydrogens is 392 g/mol. The van der Waals surface area contributed by atoms with Crippen molar-refractivity contribution in [3.63, 3.8) is 0 Å². The second kappa shape index (κ2) is 7.51. The van der Waals surface area contributed by atoms with E-state index >= 15 is 0 Å². The number of rotatable bonds is 5. The molecule has 2 aromatic heterocycles. The lowest BCUT2D eigenvalue weighted by atomic mass is 10.1. The van der Waals surface area contributed by atoms with Gasteiger partial charge in [0.1, 0.15) is 11.3 Å². The fourth-order valence-electron chi connectivity index (χ4n) is 3.03. The zero-order chi connectivity index (χ0) is 21.3. The van der Waals surface area contributed by atoms with E-state index in [-0.39, 0.29) is 17.8 Å². The maximum absolute atomic E-state index is 12.8. The molecule has 3 heterocycles. The van der Waals surface area contributed by atoms with Crippen molar-refractivity contribution >= 4 is 29.6 Å². The van der Waals surface area contributed by atoms with Crippen molar-refractivity contribution in [3.8, 4) is 5.69 Å². The fraction of sp³-hybridized carbons (Fsp3) is 0.0500. The molecule has 0 radical (unpaired) electrons. The van der Waals surface area contributed by atoms with Gasteiger partial charge >= 0.3 is 6.03 Å². The Kier molecular flexibility index (Phi) is 4.72. The van der Waals surface area contributed by atoms with E-state index in [1.165, 1.54) is 24.5 Å². The highest BCUT2D eigenvalue weighted by molar-refractivity contribution is 6.30. The maximum Gasteiger partial charge on any atom is 0.331 e. The first-order chi connectivity index (χ1) is 14.4. The second-order valence-corrected chi connectivity index (χ2v) is 6.36. The van der Waals surface area contributed by atoms with Crippen LogP contribution in [0.1, 0.15) is 11.5 Å². The van der Waals surface area contributed by atoms with Gasteiger partial charge in [0, 0.05) is 29.7 Å². The SMILES string of the molecule is O=C1NC(=O)N(Cc2ccco2)C(=O)/C1=C/c1cccn1-c1ccc([N+](=O)[O-])cc1. The van der Waals surface area contributed by atoms with E-state index in [0.717, 1.165) is 4.90 Å². The summed E-state index contributed by atoms with van der Waals surface area (Å²) in [7, 11) is 0. The molecule has 10 heteroatoms. The molecule has 10 nitrogen and oxygen atoms in total. The number of hydrogen-bond donors (Lipinski definition) is 1. The van der Waals surface area contributed by atoms with Crippen LogP contribution in [-0.2, 0) is 16.1 Å². The summed E-state index contributed by atoms with van der Waals surface area (Å²) in [5.41, 5.74) is 0.807. The summed E-state index contributed by atoms with van der Waals surface area (Å²) in [6.45, 7) is -0.119. The van der Waals surface area contributed by atoms with Crippen LogP contribution in [0.25, 0.3) is 11.8 Å². The molecule has 1 aliphatic heterocycles. The van der Waals surface area contributed by atoms with Crippen LogP contribution < -0.4 is 5.32 Å². The van der Waals surface area contributed by atoms with E-state index in [9.17, 15) is 24.5 Å². The number of nitro groups is 1. The zero-order valence-corrected chi connectivity index (χ0v) is 15.3. The Morgan fingerprint density at radius 1 is 1.07 bits per heavy atom. The predicted octanol–water partition coefficient (Wildman–Crippen LogP) is 2.64. The summed E-state index contributed by atoms with van der Waals surface area (Å²) >= 11 is 0. The van der Waals surface area contributed by atoms with Gasteiger partial charge in [-0.1, -0.05) is 0 Å². The topological polar surface area (TPSA) is 128 Å². The van der Waals surface area contributed by atoms with Crippen LogP contribution in [0.2, 0.25) is 0 Å². The average molecular weight is 406 g/mol. The standard InChI is InChI=1S/C20H14N4O6/c25-18-17(19(26)23(20(27)21-18)12-16-4-2-10-30-16)11-15-3-1-9-22(15)13-5-7-14(8-6-13)24(28)29/h1-11H,12H2,(H,21,25,27)/b17-11+. The first-order valence-corrected chi connectivity index (χ1v) is 8.77. The Morgan fingerprint density at radius 3 is 2.50 bits per heavy atom. The summed E-state index contributed by atoms with van der Waals surface area (Å²) in [6, 6.07) is 11.6. The lowest BCUT2D eigenvalue weighted by molar-refractivity contribution is -0.384. The lowest BCUT2D eigenvalue weighted by Crippen LogP contribution is -2.53. The number of non-ortho nitro benzene ring substituents is 1. The van der Waals surface area contributed by atoms with E-state index in [1.807, 2.05) is 0 Å². The molecule has 0 spiro atoms. The molecule has 0 unspecified atom stereocenters. The molecule has 0 bridgehead atoms. The van der Waals surface area contributed by atoms with Gasteiger partial charge in [-0.2, -0.15) is 0 Å². The second-order valence-electron chi connectivity index (χ2n) is 6.36. The van der Waals surface area contributed by atoms with Crippen molar-refractivity contribution in [2.75, 3.05) is 0 Å². The molecule has 1 aromatic carbocycles. The molecule has 1 fully saturated rings. The lowest BCUT2D eigenvalue weighted by Gasteiger charge is -2.25. The van der Waals surface area contributed by atoms with Crippen LogP contribution in [0.3, 0.4) is 0 Å². The summed E-state index contributed by atoms with van der Waals surface area (Å²) < 4.78 is 6.83. The first-order valence-electron chi connectivity index (χ1n) is 8.77. The number of aromatic nitrogens is 1. The van der Waals surface area contributed by atoms with Gasteiger partial charge in [-0.15, -0.1) is 0 Å². The molecule has 0 saturated carbocycles. The van der Waals surface area contributed by atoms with Crippen molar-refractivity contribution in [2.45, 2.75) is 6.54 Å². The highest BCUT2D eigenvalue weighted by Gasteiger charge is 2.36. The molecule has 0 aliphatic carbocycles. The molecule has 1 saturated heterocycles. The van der Waals surface area contributed by atoms with Gasteiger partial charge in [-0.05, 0) is 42.5 Å². The highest BCUT2D eigenvalue weighted by atomic mass is 16.6. The number of hydrogen-bond acceptors (Lipinski definition) is 6. The third-order valence-electron chi connectivity index (χ3n) is 4.49. The highest BCUT2D eigenvalue weighted by Crippen LogP contribution is 2.21. The van der Waals surface area contributed by atoms with Crippen LogP contribution in [0.15, 0.2) is 71.0 Å². The molecule has 3 aromatic rings. The molecule has 1 N–H and O–H groups in total. The molecular formula is C20H14N4O6. The number of carbonyl (C=O) groups excluding carboxylic acids is 3. The number of nitro benzene ring substituents is 1. The Balaban J connectivity index is 1.66. The maximum atomic E-state index is 12.8. The molecule has 150 valence electrons. The summed E-state index contributed by atoms with van der Waals surface area (Å²) in [5.74, 6) is -1.17. The first kappa shape index (κ1) is 18.9. The minimum atomic E-state index is -0.829. The largest absolute Gasteiger partial charge is 0.467 e. The van der Waals surface area contributed by atoms with Gasteiger partial charge in [0.05, 0.1) is 17.7 Å². The van der Waals surface area contributed by atoms with Crippen LogP contribution in [-0.4, -0.2) is 32.2 Å². The van der Waals surface area contributed by atoms with Crippen molar-refractivity contribution in [2.24, 2.45) is 0 Å². The van der Waals surface area contributed by atoms with E-state index in [0.29, 0.717) is 17.1 Å². The van der Waals surface area contributed by atoms with E-state index in [1.54, 1.807) is 47.2 Å². The van der Waals surface area contributed by atoms with E-state index in [2.05, 4.69) is 5.32 Å². The smallest absolute Gasteiger partial charge is 0.331 e. The third-order valence-corrected chi connectivity index (χ3v) is 4.49. The number of nitrogens with one attached hydrogen (secondary N) is 1. The van der Waals surface area contributed by atoms with Crippen molar-refractivity contribution in [3.05, 3.63) is 88.1 Å². The molecule has 30 heavy (non-hydrogen) atoms. The Hall–Kier alpha value is -4.47. The molecule has 4 rings (SSSR count). The van der Waals surface area contributed by atoms with Crippen molar-refractivity contribution in [1.29, 1.82) is 0 Å². The van der Waals surface area contributed by atoms with Gasteiger partial charge < -0.3 is 8.98 Å². The van der Waals surface area contributed by atoms with Crippen LogP contribution in [0.5, 0.6) is 0 Å². The number of imide groups is 2. The zero-order valence-electron chi connectivity index (χ0n) is 15.3. The molecule has 4 amide bonds. The normalized spacial score (nSPS) is 15.5. The van der Waals surface area contributed by atoms with Gasteiger partial charge in [0.15, 0.2) is 0 Å². The third kappa shape index (κ3) is 3.49. The summed E-state index contributed by atoms with van der Waals surface area (Å²) in [4.78, 5) is 48.4. The van der Waals surface area contributed by atoms with Crippen LogP contribution in [0, 0.1) is 10.1 Å². The number of urea groups is 1. The Morgan fingerprint density at radius 2 is 1.83 bits per heavy atom. The minimum absolute atomic E-state index is 0.0558. The number of nitrogens with zero attached hydrogens (tertiary/aromatic N) is 3. The number of furan rings is 1. The van der Waals surface area contributed by atoms with Gasteiger partial charge in [0.2, 0.25) is 0 Å². The summed E-state index contributed by atoms with van der Waals surface area (Å²) in [5, 5.41) is 13.0. The number of amides is 4. The number of benzene rings is 1. The van der Waals surface area contributed by atoms with Gasteiger partial charge in [-0.25, -0.2) is 4.79 Å². The Labute approximate surface area is 169 Å². The van der Waals surface area contributed by atoms with Gasteiger partial charge in [-0.3, -0.25) is 29.9 Å². The quantitative estimate of drug-likeness (QED) is 0.300. The van der Waals surface area contributed by atoms with Crippen LogP contribution in [0.4, 0.5) is 10.5 Å². The van der Waals surface area contributed by atoms with Crippen molar-refractivity contribution < 1.29 is 23.7 Å². The van der Waals surface area contributed by atoms with Crippen LogP contribution >= 0.6 is 0 Å². The van der Waals surface area contributed by atoms with E-state index < -0.39 is 22.8 Å². The Bertz CT molecular complexity index is 1170. The molecule has 1 aliphatic rings. The summed E-state index contributed by atoms with van der Waals surface area (Å²) in [6.07, 6.45) is 4.46. The monoisotopic (exact) mass is 406 g/mol. The van der Waals surface area contributed by atoms with E-state index in [4.69, 9.17) is 4.42 Å². The van der Waals surface area contributed by atoms with Gasteiger partial charge in [0.25, 0.3) is 17.5 Å². The number of barbiturate groups is 1. The van der Waals surface area contributed by atoms with Crippen molar-refractivity contribution in [1.82, 2.24) is 14.8 Å². The number of carbonyl (C=O) groups is 3. The minimum Gasteiger partial charge on any atom is -0.467 e.